The first-order chi connectivity index (χ1) is 10.3. The van der Waals surface area contributed by atoms with Crippen LogP contribution in [0, 0.1) is 0 Å². The van der Waals surface area contributed by atoms with E-state index >= 15 is 0 Å². The third-order valence-corrected chi connectivity index (χ3v) is 3.43. The quantitative estimate of drug-likeness (QED) is 0.786. The number of pyridine rings is 1. The topological polar surface area (TPSA) is 42.6 Å². The number of benzene rings is 1. The summed E-state index contributed by atoms with van der Waals surface area (Å²) in [7, 11) is 0. The van der Waals surface area contributed by atoms with Gasteiger partial charge in [-0.15, -0.1) is 0 Å². The SMILES string of the molecule is Clc1cccc(-c2ccc(C[NH2+]Cc3ccccn3)o2)c1. The van der Waals surface area contributed by atoms with Gasteiger partial charge in [0.15, 0.2) is 5.76 Å². The molecule has 0 aliphatic rings. The first-order valence-corrected chi connectivity index (χ1v) is 7.25. The molecule has 0 aliphatic carbocycles. The van der Waals surface area contributed by atoms with Gasteiger partial charge in [0.25, 0.3) is 0 Å². The van der Waals surface area contributed by atoms with Crippen LogP contribution in [-0.2, 0) is 13.1 Å². The van der Waals surface area contributed by atoms with E-state index in [-0.39, 0.29) is 0 Å². The maximum atomic E-state index is 6.00. The van der Waals surface area contributed by atoms with Gasteiger partial charge < -0.3 is 9.73 Å². The number of halogens is 1. The maximum Gasteiger partial charge on any atom is 0.158 e. The Kier molecular flexibility index (Phi) is 4.34. The predicted molar refractivity (Wildman–Crippen MR) is 82.7 cm³/mol. The maximum absolute atomic E-state index is 6.00. The summed E-state index contributed by atoms with van der Waals surface area (Å²) in [5.74, 6) is 1.79. The van der Waals surface area contributed by atoms with Crippen molar-refractivity contribution in [3.8, 4) is 11.3 Å². The lowest BCUT2D eigenvalue weighted by Crippen LogP contribution is -2.80. The van der Waals surface area contributed by atoms with Gasteiger partial charge in [0, 0.05) is 16.8 Å². The number of nitrogens with zero attached hydrogens (tertiary/aromatic N) is 1. The Morgan fingerprint density at radius 3 is 2.76 bits per heavy atom. The van der Waals surface area contributed by atoms with E-state index in [1.807, 2.05) is 60.8 Å². The van der Waals surface area contributed by atoms with Crippen LogP contribution < -0.4 is 5.32 Å². The molecule has 3 nitrogen and oxygen atoms in total. The molecule has 0 aliphatic heterocycles. The van der Waals surface area contributed by atoms with Crippen LogP contribution in [-0.4, -0.2) is 4.98 Å². The highest BCUT2D eigenvalue weighted by Crippen LogP contribution is 2.24. The minimum Gasteiger partial charge on any atom is -0.455 e. The lowest BCUT2D eigenvalue weighted by atomic mass is 10.2. The zero-order valence-corrected chi connectivity index (χ0v) is 12.3. The second-order valence-corrected chi connectivity index (χ2v) is 5.23. The molecule has 2 aromatic heterocycles. The second kappa shape index (κ2) is 6.57. The summed E-state index contributed by atoms with van der Waals surface area (Å²) in [6.07, 6.45) is 1.81. The summed E-state index contributed by atoms with van der Waals surface area (Å²) in [6, 6.07) is 17.6. The fourth-order valence-electron chi connectivity index (χ4n) is 2.17. The molecular formula is C17H16ClN2O+. The third kappa shape index (κ3) is 3.72. The molecule has 0 saturated heterocycles. The van der Waals surface area contributed by atoms with Crippen molar-refractivity contribution in [2.24, 2.45) is 0 Å². The van der Waals surface area contributed by atoms with E-state index < -0.39 is 0 Å². The van der Waals surface area contributed by atoms with Crippen LogP contribution in [0.4, 0.5) is 0 Å². The molecule has 0 atom stereocenters. The highest BCUT2D eigenvalue weighted by atomic mass is 35.5. The molecule has 2 heterocycles. The molecule has 0 spiro atoms. The monoisotopic (exact) mass is 299 g/mol. The summed E-state index contributed by atoms with van der Waals surface area (Å²) in [6.45, 7) is 1.63. The number of quaternary nitrogens is 1. The van der Waals surface area contributed by atoms with Gasteiger partial charge in [0.2, 0.25) is 0 Å². The van der Waals surface area contributed by atoms with Gasteiger partial charge in [0.05, 0.1) is 5.69 Å². The Morgan fingerprint density at radius 2 is 1.95 bits per heavy atom. The molecule has 0 radical (unpaired) electrons. The van der Waals surface area contributed by atoms with E-state index in [2.05, 4.69) is 10.3 Å². The van der Waals surface area contributed by atoms with Crippen molar-refractivity contribution in [2.75, 3.05) is 0 Å². The van der Waals surface area contributed by atoms with Crippen molar-refractivity contribution in [2.45, 2.75) is 13.1 Å². The van der Waals surface area contributed by atoms with Crippen molar-refractivity contribution < 1.29 is 9.73 Å². The van der Waals surface area contributed by atoms with Crippen LogP contribution in [0.5, 0.6) is 0 Å². The molecule has 1 aromatic carbocycles. The number of hydrogen-bond acceptors (Lipinski definition) is 2. The Balaban J connectivity index is 1.60. The van der Waals surface area contributed by atoms with Crippen LogP contribution in [0.2, 0.25) is 5.02 Å². The summed E-state index contributed by atoms with van der Waals surface area (Å²) >= 11 is 6.00. The lowest BCUT2D eigenvalue weighted by Gasteiger charge is -2.00. The highest BCUT2D eigenvalue weighted by molar-refractivity contribution is 6.30. The molecule has 3 aromatic rings. The van der Waals surface area contributed by atoms with Crippen molar-refractivity contribution in [1.29, 1.82) is 0 Å². The fraction of sp³-hybridized carbons (Fsp3) is 0.118. The van der Waals surface area contributed by atoms with Crippen LogP contribution in [0.3, 0.4) is 0 Å². The van der Waals surface area contributed by atoms with E-state index in [9.17, 15) is 0 Å². The number of nitrogens with two attached hydrogens (primary N) is 1. The van der Waals surface area contributed by atoms with Gasteiger partial charge in [0.1, 0.15) is 18.8 Å². The molecule has 21 heavy (non-hydrogen) atoms. The lowest BCUT2D eigenvalue weighted by molar-refractivity contribution is -0.688. The largest absolute Gasteiger partial charge is 0.455 e. The molecular weight excluding hydrogens is 284 g/mol. The molecule has 0 bridgehead atoms. The van der Waals surface area contributed by atoms with E-state index in [0.717, 1.165) is 35.9 Å². The minimum absolute atomic E-state index is 0.715. The Bertz CT molecular complexity index is 710. The standard InChI is InChI=1S/C17H15ClN2O/c18-14-5-3-4-13(10-14)17-8-7-16(21-17)12-19-11-15-6-1-2-9-20-15/h1-10,19H,11-12H2/p+1. The first-order valence-electron chi connectivity index (χ1n) is 6.87. The van der Waals surface area contributed by atoms with Crippen molar-refractivity contribution in [1.82, 2.24) is 4.98 Å². The van der Waals surface area contributed by atoms with Crippen molar-refractivity contribution in [3.05, 3.63) is 77.3 Å². The molecule has 2 N–H and O–H groups in total. The Morgan fingerprint density at radius 1 is 1.00 bits per heavy atom. The molecule has 0 fully saturated rings. The van der Waals surface area contributed by atoms with E-state index in [1.165, 1.54) is 0 Å². The smallest absolute Gasteiger partial charge is 0.158 e. The first kappa shape index (κ1) is 13.9. The zero-order valence-electron chi connectivity index (χ0n) is 11.5. The molecule has 4 heteroatoms. The van der Waals surface area contributed by atoms with Gasteiger partial charge in [-0.25, -0.2) is 0 Å². The molecule has 0 unspecified atom stereocenters. The summed E-state index contributed by atoms with van der Waals surface area (Å²) < 4.78 is 5.85. The minimum atomic E-state index is 0.715. The van der Waals surface area contributed by atoms with Crippen LogP contribution in [0.25, 0.3) is 11.3 Å². The van der Waals surface area contributed by atoms with E-state index in [4.69, 9.17) is 16.0 Å². The van der Waals surface area contributed by atoms with E-state index in [0.29, 0.717) is 5.02 Å². The Hall–Kier alpha value is -2.10. The number of furan rings is 1. The van der Waals surface area contributed by atoms with Gasteiger partial charge in [-0.2, -0.15) is 0 Å². The highest BCUT2D eigenvalue weighted by Gasteiger charge is 2.06. The van der Waals surface area contributed by atoms with Gasteiger partial charge >= 0.3 is 0 Å². The fourth-order valence-corrected chi connectivity index (χ4v) is 2.36. The summed E-state index contributed by atoms with van der Waals surface area (Å²) in [5, 5.41) is 2.88. The van der Waals surface area contributed by atoms with Crippen molar-refractivity contribution >= 4 is 11.6 Å². The van der Waals surface area contributed by atoms with Crippen LogP contribution in [0.1, 0.15) is 11.5 Å². The molecule has 3 rings (SSSR count). The van der Waals surface area contributed by atoms with E-state index in [1.54, 1.807) is 0 Å². The molecule has 0 amide bonds. The average molecular weight is 300 g/mol. The number of hydrogen-bond donors (Lipinski definition) is 1. The van der Waals surface area contributed by atoms with Gasteiger partial charge in [-0.1, -0.05) is 29.8 Å². The number of rotatable bonds is 5. The zero-order chi connectivity index (χ0) is 14.5. The van der Waals surface area contributed by atoms with Gasteiger partial charge in [-0.05, 0) is 36.4 Å². The molecule has 0 saturated carbocycles. The summed E-state index contributed by atoms with van der Waals surface area (Å²) in [5.41, 5.74) is 2.07. The third-order valence-electron chi connectivity index (χ3n) is 3.20. The summed E-state index contributed by atoms with van der Waals surface area (Å²) in [4.78, 5) is 4.30. The van der Waals surface area contributed by atoms with Gasteiger partial charge in [-0.3, -0.25) is 4.98 Å². The normalized spacial score (nSPS) is 10.7. The average Bonchev–Trinajstić information content (AvgIpc) is 2.97. The van der Waals surface area contributed by atoms with Crippen LogP contribution >= 0.6 is 11.6 Å². The van der Waals surface area contributed by atoms with Crippen LogP contribution in [0.15, 0.2) is 65.2 Å². The van der Waals surface area contributed by atoms with Crippen molar-refractivity contribution in [3.63, 3.8) is 0 Å². The predicted octanol–water partition coefficient (Wildman–Crippen LogP) is 3.26. The second-order valence-electron chi connectivity index (χ2n) is 4.79. The Labute approximate surface area is 128 Å². The number of aromatic nitrogens is 1. The molecule has 106 valence electrons.